The van der Waals surface area contributed by atoms with Crippen molar-refractivity contribution in [2.24, 2.45) is 5.92 Å². The summed E-state index contributed by atoms with van der Waals surface area (Å²) in [6.07, 6.45) is 6.87. The third-order valence-corrected chi connectivity index (χ3v) is 4.67. The number of nitrogens with one attached hydrogen (secondary N) is 1. The molecule has 3 heterocycles. The second-order valence-corrected chi connectivity index (χ2v) is 6.60. The smallest absolute Gasteiger partial charge is 0.137 e. The van der Waals surface area contributed by atoms with Crippen LogP contribution in [0.2, 0.25) is 0 Å². The van der Waals surface area contributed by atoms with E-state index >= 15 is 0 Å². The summed E-state index contributed by atoms with van der Waals surface area (Å²) in [6.45, 7) is 5.75. The molecule has 0 unspecified atom stereocenters. The highest BCUT2D eigenvalue weighted by molar-refractivity contribution is 5.27. The molecule has 3 aromatic rings. The molecular weight excluding hydrogens is 300 g/mol. The van der Waals surface area contributed by atoms with Crippen LogP contribution in [0.3, 0.4) is 0 Å². The largest absolute Gasteiger partial charge is 0.464 e. The summed E-state index contributed by atoms with van der Waals surface area (Å²) < 4.78 is 7.88. The van der Waals surface area contributed by atoms with Crippen LogP contribution >= 0.6 is 0 Å². The summed E-state index contributed by atoms with van der Waals surface area (Å²) in [5, 5.41) is 3.41. The van der Waals surface area contributed by atoms with Gasteiger partial charge in [0.05, 0.1) is 6.54 Å². The number of aromatic nitrogens is 3. The molecule has 1 aliphatic rings. The molecule has 0 bridgehead atoms. The van der Waals surface area contributed by atoms with Crippen molar-refractivity contribution < 1.29 is 4.42 Å². The highest BCUT2D eigenvalue weighted by Gasteiger charge is 2.36. The van der Waals surface area contributed by atoms with E-state index < -0.39 is 0 Å². The van der Waals surface area contributed by atoms with Crippen LogP contribution in [0.5, 0.6) is 0 Å². The summed E-state index contributed by atoms with van der Waals surface area (Å²) in [5.41, 5.74) is 1.15. The predicted molar refractivity (Wildman–Crippen MR) is 91.9 cm³/mol. The van der Waals surface area contributed by atoms with Crippen LogP contribution in [0.15, 0.2) is 47.3 Å². The van der Waals surface area contributed by atoms with E-state index in [1.165, 1.54) is 6.42 Å². The van der Waals surface area contributed by atoms with Gasteiger partial charge < -0.3 is 9.73 Å². The minimum atomic E-state index is 0.641. The Morgan fingerprint density at radius 2 is 2.08 bits per heavy atom. The fraction of sp³-hybridized carbons (Fsp3) is 0.368. The van der Waals surface area contributed by atoms with Gasteiger partial charge in [0.1, 0.15) is 23.2 Å². The number of hydrogen-bond acceptors (Lipinski definition) is 4. The van der Waals surface area contributed by atoms with Crippen LogP contribution in [0, 0.1) is 12.8 Å². The van der Waals surface area contributed by atoms with Gasteiger partial charge in [-0.1, -0.05) is 13.0 Å². The van der Waals surface area contributed by atoms with Gasteiger partial charge in [-0.25, -0.2) is 9.97 Å². The number of aryl methyl sites for hydroxylation is 1. The number of pyridine rings is 1. The van der Waals surface area contributed by atoms with Gasteiger partial charge in [-0.15, -0.1) is 0 Å². The van der Waals surface area contributed by atoms with Gasteiger partial charge in [0.15, 0.2) is 0 Å². The van der Waals surface area contributed by atoms with E-state index in [2.05, 4.69) is 40.4 Å². The Kier molecular flexibility index (Phi) is 3.94. The second-order valence-electron chi connectivity index (χ2n) is 6.60. The second kappa shape index (κ2) is 6.24. The molecule has 0 saturated heterocycles. The molecule has 2 atom stereocenters. The van der Waals surface area contributed by atoms with Gasteiger partial charge in [0, 0.05) is 31.1 Å². The van der Waals surface area contributed by atoms with Crippen molar-refractivity contribution >= 4 is 0 Å². The van der Waals surface area contributed by atoms with Crippen molar-refractivity contribution in [2.45, 2.75) is 39.3 Å². The zero-order chi connectivity index (χ0) is 16.5. The maximum absolute atomic E-state index is 5.91. The summed E-state index contributed by atoms with van der Waals surface area (Å²) in [4.78, 5) is 8.73. The molecular formula is C19H22N4O. The minimum absolute atomic E-state index is 0.641. The average Bonchev–Trinajstić information content (AvgIpc) is 2.99. The van der Waals surface area contributed by atoms with Gasteiger partial charge in [0.25, 0.3) is 0 Å². The Morgan fingerprint density at radius 3 is 2.75 bits per heavy atom. The zero-order valence-electron chi connectivity index (χ0n) is 14.1. The molecule has 0 amide bonds. The van der Waals surface area contributed by atoms with Crippen molar-refractivity contribution in [2.75, 3.05) is 0 Å². The maximum atomic E-state index is 5.91. The van der Waals surface area contributed by atoms with Crippen LogP contribution in [0.4, 0.5) is 0 Å². The van der Waals surface area contributed by atoms with Gasteiger partial charge in [0.2, 0.25) is 0 Å². The first-order chi connectivity index (χ1) is 11.7. The molecule has 0 spiro atoms. The molecule has 0 radical (unpaired) electrons. The predicted octanol–water partition coefficient (Wildman–Crippen LogP) is 3.58. The van der Waals surface area contributed by atoms with E-state index in [1.54, 1.807) is 6.20 Å². The van der Waals surface area contributed by atoms with Gasteiger partial charge in [-0.05, 0) is 43.0 Å². The standard InChI is InChI=1S/C19H22N4O/c1-13-9-17(13)18-5-4-16(24-18)12-20-10-15-3-6-19(22-11-15)23-8-7-21-14(23)2/h3-8,11,13,17,20H,9-10,12H2,1-2H3/t13-,17-/m1/s1. The Bertz CT molecular complexity index is 818. The molecule has 0 aliphatic heterocycles. The molecule has 5 heteroatoms. The molecule has 3 aromatic heterocycles. The lowest BCUT2D eigenvalue weighted by Gasteiger charge is -2.06. The number of furan rings is 1. The average molecular weight is 322 g/mol. The lowest BCUT2D eigenvalue weighted by atomic mass is 10.2. The van der Waals surface area contributed by atoms with Gasteiger partial charge >= 0.3 is 0 Å². The van der Waals surface area contributed by atoms with Crippen molar-refractivity contribution in [1.82, 2.24) is 19.9 Å². The molecule has 124 valence electrons. The van der Waals surface area contributed by atoms with E-state index in [0.29, 0.717) is 5.92 Å². The molecule has 5 nitrogen and oxygen atoms in total. The van der Waals surface area contributed by atoms with Gasteiger partial charge in [-0.3, -0.25) is 4.57 Å². The van der Waals surface area contributed by atoms with E-state index in [9.17, 15) is 0 Å². The monoisotopic (exact) mass is 322 g/mol. The number of nitrogens with zero attached hydrogens (tertiary/aromatic N) is 3. The van der Waals surface area contributed by atoms with Crippen LogP contribution in [-0.2, 0) is 13.1 Å². The number of imidazole rings is 1. The van der Waals surface area contributed by atoms with E-state index in [-0.39, 0.29) is 0 Å². The van der Waals surface area contributed by atoms with Crippen molar-refractivity contribution in [1.29, 1.82) is 0 Å². The van der Waals surface area contributed by atoms with E-state index in [4.69, 9.17) is 4.42 Å². The third kappa shape index (κ3) is 3.12. The minimum Gasteiger partial charge on any atom is -0.464 e. The molecule has 0 aromatic carbocycles. The number of rotatable bonds is 6. The van der Waals surface area contributed by atoms with Crippen molar-refractivity contribution in [3.63, 3.8) is 0 Å². The van der Waals surface area contributed by atoms with Crippen LogP contribution in [-0.4, -0.2) is 14.5 Å². The molecule has 1 aliphatic carbocycles. The molecule has 1 fully saturated rings. The molecule has 4 rings (SSSR count). The fourth-order valence-corrected chi connectivity index (χ4v) is 3.02. The maximum Gasteiger partial charge on any atom is 0.137 e. The summed E-state index contributed by atoms with van der Waals surface area (Å²) in [6, 6.07) is 8.31. The van der Waals surface area contributed by atoms with Crippen molar-refractivity contribution in [3.8, 4) is 5.82 Å². The van der Waals surface area contributed by atoms with Crippen LogP contribution in [0.1, 0.15) is 42.2 Å². The first kappa shape index (κ1) is 15.1. The van der Waals surface area contributed by atoms with Crippen LogP contribution < -0.4 is 5.32 Å². The molecule has 1 N–H and O–H groups in total. The number of hydrogen-bond donors (Lipinski definition) is 1. The third-order valence-electron chi connectivity index (χ3n) is 4.67. The highest BCUT2D eigenvalue weighted by atomic mass is 16.3. The van der Waals surface area contributed by atoms with Crippen LogP contribution in [0.25, 0.3) is 5.82 Å². The summed E-state index contributed by atoms with van der Waals surface area (Å²) >= 11 is 0. The summed E-state index contributed by atoms with van der Waals surface area (Å²) in [7, 11) is 0. The SMILES string of the molecule is Cc1nccn1-c1ccc(CNCc2ccc([C@@H]3C[C@H]3C)o2)cn1. The topological polar surface area (TPSA) is 55.9 Å². The van der Waals surface area contributed by atoms with E-state index in [0.717, 1.165) is 47.7 Å². The van der Waals surface area contributed by atoms with Gasteiger partial charge in [-0.2, -0.15) is 0 Å². The zero-order valence-corrected chi connectivity index (χ0v) is 14.1. The summed E-state index contributed by atoms with van der Waals surface area (Å²) in [5.74, 6) is 5.39. The normalized spacial score (nSPS) is 19.6. The van der Waals surface area contributed by atoms with E-state index in [1.807, 2.05) is 30.0 Å². The molecule has 24 heavy (non-hydrogen) atoms. The fourth-order valence-electron chi connectivity index (χ4n) is 3.02. The van der Waals surface area contributed by atoms with Crippen molar-refractivity contribution in [3.05, 3.63) is 65.8 Å². The molecule has 1 saturated carbocycles. The lowest BCUT2D eigenvalue weighted by Crippen LogP contribution is -2.12. The quantitative estimate of drug-likeness (QED) is 0.753. The first-order valence-electron chi connectivity index (χ1n) is 8.45. The lowest BCUT2D eigenvalue weighted by molar-refractivity contribution is 0.444. The Labute approximate surface area is 141 Å². The first-order valence-corrected chi connectivity index (χ1v) is 8.45. The Balaban J connectivity index is 1.31. The highest BCUT2D eigenvalue weighted by Crippen LogP contribution is 2.47. The Morgan fingerprint density at radius 1 is 1.21 bits per heavy atom. The Hall–Kier alpha value is -2.40.